The molecular weight excluding hydrogens is 257 g/mol. The van der Waals surface area contributed by atoms with Crippen LogP contribution in [-0.2, 0) is 6.18 Å². The zero-order chi connectivity index (χ0) is 12.5. The lowest BCUT2D eigenvalue weighted by Crippen LogP contribution is -2.10. The lowest BCUT2D eigenvalue weighted by molar-refractivity contribution is -0.144. The van der Waals surface area contributed by atoms with E-state index in [4.69, 9.17) is 11.6 Å². The number of halogens is 4. The van der Waals surface area contributed by atoms with Gasteiger partial charge in [0.15, 0.2) is 0 Å². The van der Waals surface area contributed by atoms with Crippen LogP contribution in [0.15, 0.2) is 24.7 Å². The van der Waals surface area contributed by atoms with Gasteiger partial charge in [-0.1, -0.05) is 0 Å². The Labute approximate surface area is 98.5 Å². The van der Waals surface area contributed by atoms with Crippen LogP contribution in [0.2, 0.25) is 5.28 Å². The Morgan fingerprint density at radius 2 is 1.71 bits per heavy atom. The first-order valence-electron chi connectivity index (χ1n) is 4.35. The van der Waals surface area contributed by atoms with Gasteiger partial charge in [-0.15, -0.1) is 0 Å². The molecule has 0 bridgehead atoms. The highest BCUT2D eigenvalue weighted by atomic mass is 35.5. The van der Waals surface area contributed by atoms with E-state index in [1.54, 1.807) is 0 Å². The van der Waals surface area contributed by atoms with E-state index in [0.717, 1.165) is 12.4 Å². The van der Waals surface area contributed by atoms with E-state index >= 15 is 0 Å². The number of hydrogen-bond donors (Lipinski definition) is 0. The Balaban J connectivity index is 2.36. The first kappa shape index (κ1) is 11.7. The van der Waals surface area contributed by atoms with E-state index in [9.17, 15) is 13.2 Å². The molecule has 0 N–H and O–H groups in total. The molecule has 0 saturated heterocycles. The predicted molar refractivity (Wildman–Crippen MR) is 53.1 cm³/mol. The SMILES string of the molecule is FC(F)(F)c1ncc(-c2ccnc(Cl)n2)cn1. The third kappa shape index (κ3) is 2.68. The van der Waals surface area contributed by atoms with Crippen LogP contribution in [0.5, 0.6) is 0 Å². The average Bonchev–Trinajstić information content (AvgIpc) is 2.28. The van der Waals surface area contributed by atoms with E-state index in [2.05, 4.69) is 19.9 Å². The quantitative estimate of drug-likeness (QED) is 0.740. The Kier molecular flexibility index (Phi) is 2.93. The van der Waals surface area contributed by atoms with Crippen molar-refractivity contribution in [1.82, 2.24) is 19.9 Å². The van der Waals surface area contributed by atoms with Crippen molar-refractivity contribution in [2.45, 2.75) is 6.18 Å². The number of hydrogen-bond acceptors (Lipinski definition) is 4. The van der Waals surface area contributed by atoms with Crippen molar-refractivity contribution in [2.24, 2.45) is 0 Å². The lowest BCUT2D eigenvalue weighted by atomic mass is 10.2. The van der Waals surface area contributed by atoms with E-state index < -0.39 is 12.0 Å². The normalized spacial score (nSPS) is 11.5. The number of nitrogens with zero attached hydrogens (tertiary/aromatic N) is 4. The fraction of sp³-hybridized carbons (Fsp3) is 0.111. The summed E-state index contributed by atoms with van der Waals surface area (Å²) >= 11 is 5.56. The van der Waals surface area contributed by atoms with Gasteiger partial charge in [0.2, 0.25) is 11.1 Å². The van der Waals surface area contributed by atoms with Crippen LogP contribution in [-0.4, -0.2) is 19.9 Å². The predicted octanol–water partition coefficient (Wildman–Crippen LogP) is 2.61. The van der Waals surface area contributed by atoms with Crippen molar-refractivity contribution in [3.8, 4) is 11.3 Å². The molecule has 2 aromatic heterocycles. The molecular formula is C9H4ClF3N4. The molecule has 0 radical (unpaired) electrons. The Morgan fingerprint density at radius 1 is 1.06 bits per heavy atom. The fourth-order valence-corrected chi connectivity index (χ4v) is 1.25. The first-order chi connectivity index (χ1) is 7.97. The van der Waals surface area contributed by atoms with Gasteiger partial charge in [0.25, 0.3) is 0 Å². The van der Waals surface area contributed by atoms with E-state index in [1.165, 1.54) is 12.3 Å². The largest absolute Gasteiger partial charge is 0.451 e. The first-order valence-corrected chi connectivity index (χ1v) is 4.73. The molecule has 2 rings (SSSR count). The molecule has 0 fully saturated rings. The highest BCUT2D eigenvalue weighted by Crippen LogP contribution is 2.26. The van der Waals surface area contributed by atoms with Gasteiger partial charge in [0.1, 0.15) is 0 Å². The zero-order valence-corrected chi connectivity index (χ0v) is 8.87. The summed E-state index contributed by atoms with van der Waals surface area (Å²) in [6, 6.07) is 1.50. The summed E-state index contributed by atoms with van der Waals surface area (Å²) in [6.07, 6.45) is -1.09. The molecule has 0 amide bonds. The van der Waals surface area contributed by atoms with Crippen LogP contribution < -0.4 is 0 Å². The Bertz CT molecular complexity index is 527. The third-order valence-corrected chi connectivity index (χ3v) is 2.01. The molecule has 0 aliphatic rings. The average molecular weight is 261 g/mol. The summed E-state index contributed by atoms with van der Waals surface area (Å²) in [7, 11) is 0. The molecule has 0 unspecified atom stereocenters. The van der Waals surface area contributed by atoms with Crippen LogP contribution >= 0.6 is 11.6 Å². The summed E-state index contributed by atoms with van der Waals surface area (Å²) in [5.41, 5.74) is 0.695. The molecule has 4 nitrogen and oxygen atoms in total. The Hall–Kier alpha value is -1.76. The highest BCUT2D eigenvalue weighted by Gasteiger charge is 2.34. The standard InChI is InChI=1S/C9H4ClF3N4/c10-8-14-2-1-6(17-8)5-3-15-7(16-4-5)9(11,12)13/h1-4H. The summed E-state index contributed by atoms with van der Waals surface area (Å²) in [4.78, 5) is 13.9. The minimum absolute atomic E-state index is 0.00222. The van der Waals surface area contributed by atoms with Gasteiger partial charge < -0.3 is 0 Å². The number of rotatable bonds is 1. The second kappa shape index (κ2) is 4.25. The maximum atomic E-state index is 12.2. The summed E-state index contributed by atoms with van der Waals surface area (Å²) in [5, 5.41) is 0.00222. The van der Waals surface area contributed by atoms with E-state index in [-0.39, 0.29) is 5.28 Å². The molecule has 2 aromatic rings. The van der Waals surface area contributed by atoms with Crippen LogP contribution in [0.4, 0.5) is 13.2 Å². The molecule has 17 heavy (non-hydrogen) atoms. The van der Waals surface area contributed by atoms with Gasteiger partial charge in [0, 0.05) is 24.2 Å². The van der Waals surface area contributed by atoms with Crippen molar-refractivity contribution in [2.75, 3.05) is 0 Å². The molecule has 0 aliphatic heterocycles. The molecule has 88 valence electrons. The van der Waals surface area contributed by atoms with Crippen LogP contribution in [0.25, 0.3) is 11.3 Å². The second-order valence-electron chi connectivity index (χ2n) is 3.00. The molecule has 0 atom stereocenters. The van der Waals surface area contributed by atoms with Crippen molar-refractivity contribution in [3.63, 3.8) is 0 Å². The summed E-state index contributed by atoms with van der Waals surface area (Å²) in [5.74, 6) is -1.19. The fourth-order valence-electron chi connectivity index (χ4n) is 1.10. The molecule has 0 aliphatic carbocycles. The van der Waals surface area contributed by atoms with Gasteiger partial charge in [-0.25, -0.2) is 19.9 Å². The molecule has 2 heterocycles. The molecule has 0 aromatic carbocycles. The molecule has 0 saturated carbocycles. The van der Waals surface area contributed by atoms with Gasteiger partial charge in [-0.3, -0.25) is 0 Å². The van der Waals surface area contributed by atoms with Gasteiger partial charge in [0.05, 0.1) is 5.69 Å². The zero-order valence-electron chi connectivity index (χ0n) is 8.11. The van der Waals surface area contributed by atoms with Crippen LogP contribution in [0.3, 0.4) is 0 Å². The topological polar surface area (TPSA) is 51.6 Å². The molecule has 8 heteroatoms. The van der Waals surface area contributed by atoms with Crippen molar-refractivity contribution < 1.29 is 13.2 Å². The van der Waals surface area contributed by atoms with Crippen molar-refractivity contribution in [3.05, 3.63) is 35.8 Å². The highest BCUT2D eigenvalue weighted by molar-refractivity contribution is 6.28. The number of aromatic nitrogens is 4. The maximum Gasteiger partial charge on any atom is 0.451 e. The van der Waals surface area contributed by atoms with Crippen LogP contribution in [0, 0.1) is 0 Å². The Morgan fingerprint density at radius 3 is 2.24 bits per heavy atom. The number of alkyl halides is 3. The van der Waals surface area contributed by atoms with Crippen molar-refractivity contribution >= 4 is 11.6 Å². The monoisotopic (exact) mass is 260 g/mol. The minimum Gasteiger partial charge on any atom is -0.232 e. The van der Waals surface area contributed by atoms with Crippen molar-refractivity contribution in [1.29, 1.82) is 0 Å². The lowest BCUT2D eigenvalue weighted by Gasteiger charge is -2.05. The molecule has 0 spiro atoms. The van der Waals surface area contributed by atoms with Crippen LogP contribution in [0.1, 0.15) is 5.82 Å². The van der Waals surface area contributed by atoms with Gasteiger partial charge in [-0.2, -0.15) is 13.2 Å². The maximum absolute atomic E-state index is 12.2. The minimum atomic E-state index is -4.55. The van der Waals surface area contributed by atoms with E-state index in [1.807, 2.05) is 0 Å². The van der Waals surface area contributed by atoms with E-state index in [0.29, 0.717) is 11.3 Å². The summed E-state index contributed by atoms with van der Waals surface area (Å²) < 4.78 is 36.6. The summed E-state index contributed by atoms with van der Waals surface area (Å²) in [6.45, 7) is 0. The second-order valence-corrected chi connectivity index (χ2v) is 3.34. The van der Waals surface area contributed by atoms with Gasteiger partial charge >= 0.3 is 6.18 Å². The van der Waals surface area contributed by atoms with Gasteiger partial charge in [-0.05, 0) is 17.7 Å². The smallest absolute Gasteiger partial charge is 0.232 e. The third-order valence-electron chi connectivity index (χ3n) is 1.83.